The number of rotatable bonds is 19. The molecule has 2 aliphatic rings. The summed E-state index contributed by atoms with van der Waals surface area (Å²) in [5.74, 6) is -1.55. The van der Waals surface area contributed by atoms with Gasteiger partial charge in [-0.25, -0.2) is 0 Å². The fraction of sp³-hybridized carbons (Fsp3) is 0.714. The second-order valence-corrected chi connectivity index (χ2v) is 13.1. The zero-order chi connectivity index (χ0) is 31.4. The summed E-state index contributed by atoms with van der Waals surface area (Å²) in [6.07, 6.45) is 2.35. The number of nitrogens with zero attached hydrogens (tertiary/aromatic N) is 2. The predicted octanol–water partition coefficient (Wildman–Crippen LogP) is 1.09. The molecule has 4 atom stereocenters. The first-order valence-electron chi connectivity index (χ1n) is 14.3. The molecule has 2 fully saturated rings. The van der Waals surface area contributed by atoms with Gasteiger partial charge in [-0.3, -0.25) is 48.2 Å². The van der Waals surface area contributed by atoms with Gasteiger partial charge in [-0.15, -0.1) is 23.5 Å². The Labute approximate surface area is 255 Å². The smallest absolute Gasteiger partial charge is 0.242 e. The predicted molar refractivity (Wildman–Crippen MR) is 159 cm³/mol. The number of ketones is 2. The largest absolute Gasteiger partial charge is 0.356 e. The Morgan fingerprint density at radius 3 is 2.12 bits per heavy atom. The summed E-state index contributed by atoms with van der Waals surface area (Å²) in [7, 11) is 0. The van der Waals surface area contributed by atoms with Crippen LogP contribution in [0.3, 0.4) is 0 Å². The molecular weight excluding hydrogens is 584 g/mol. The maximum absolute atomic E-state index is 12.7. The number of nitrogens with one attached hydrogen (secondary N) is 2. The van der Waals surface area contributed by atoms with Gasteiger partial charge in [-0.2, -0.15) is 0 Å². The number of Topliss-reactive ketones (excluding diaryl/α,β-unsaturated/α-hetero) is 2. The molecule has 0 aromatic rings. The number of unbranched alkanes of at least 4 members (excludes halogenated alkanes) is 1. The zero-order valence-electron chi connectivity index (χ0n) is 24.8. The third-order valence-electron chi connectivity index (χ3n) is 7.16. The molecule has 42 heavy (non-hydrogen) atoms. The van der Waals surface area contributed by atoms with E-state index in [4.69, 9.17) is 0 Å². The molecular formula is C28H42N4O8S2. The van der Waals surface area contributed by atoms with E-state index >= 15 is 0 Å². The van der Waals surface area contributed by atoms with Crippen molar-refractivity contribution in [2.45, 2.75) is 89.2 Å². The molecule has 0 radical (unpaired) electrons. The summed E-state index contributed by atoms with van der Waals surface area (Å²) >= 11 is 2.50. The van der Waals surface area contributed by atoms with E-state index in [1.807, 2.05) is 0 Å². The number of likely N-dealkylation sites (tertiary alicyclic amines) is 2. The van der Waals surface area contributed by atoms with Crippen molar-refractivity contribution in [1.82, 2.24) is 20.4 Å². The Kier molecular flexibility index (Phi) is 14.7. The fourth-order valence-electron chi connectivity index (χ4n) is 4.50. The molecule has 0 spiro atoms. The highest BCUT2D eigenvalue weighted by molar-refractivity contribution is 8.00. The van der Waals surface area contributed by atoms with Crippen molar-refractivity contribution >= 4 is 70.5 Å². The molecule has 234 valence electrons. The minimum absolute atomic E-state index is 0.00264. The monoisotopic (exact) mass is 626 g/mol. The van der Waals surface area contributed by atoms with Crippen LogP contribution in [0, 0.1) is 5.92 Å². The van der Waals surface area contributed by atoms with Crippen LogP contribution in [-0.2, 0) is 38.4 Å². The molecule has 14 heteroatoms. The Hall–Kier alpha value is -2.74. The second-order valence-electron chi connectivity index (χ2n) is 10.6. The van der Waals surface area contributed by atoms with E-state index in [0.717, 1.165) is 4.90 Å². The Bertz CT molecular complexity index is 1070. The lowest BCUT2D eigenvalue weighted by atomic mass is 10.0. The van der Waals surface area contributed by atoms with Crippen molar-refractivity contribution in [2.24, 2.45) is 5.92 Å². The van der Waals surface area contributed by atoms with E-state index in [2.05, 4.69) is 10.6 Å². The first-order chi connectivity index (χ1) is 19.8. The summed E-state index contributed by atoms with van der Waals surface area (Å²) in [6, 6.07) is -0.758. The van der Waals surface area contributed by atoms with Crippen LogP contribution in [0.15, 0.2) is 0 Å². The lowest BCUT2D eigenvalue weighted by molar-refractivity contribution is -0.140. The molecule has 2 N–H and O–H groups in total. The normalized spacial score (nSPS) is 20.2. The molecule has 0 aromatic carbocycles. The van der Waals surface area contributed by atoms with Gasteiger partial charge in [-0.05, 0) is 33.6 Å². The minimum atomic E-state index is -0.758. The Morgan fingerprint density at radius 1 is 0.905 bits per heavy atom. The topological polar surface area (TPSA) is 167 Å². The quantitative estimate of drug-likeness (QED) is 0.157. The van der Waals surface area contributed by atoms with Crippen molar-refractivity contribution in [3.05, 3.63) is 0 Å². The van der Waals surface area contributed by atoms with Gasteiger partial charge in [-0.1, -0.05) is 13.3 Å². The van der Waals surface area contributed by atoms with Crippen LogP contribution in [0.25, 0.3) is 0 Å². The molecule has 2 saturated heterocycles. The first-order valence-corrected chi connectivity index (χ1v) is 16.4. The molecule has 12 nitrogen and oxygen atoms in total. The number of thioether (sulfide) groups is 2. The summed E-state index contributed by atoms with van der Waals surface area (Å²) in [6.45, 7) is 7.05. The van der Waals surface area contributed by atoms with E-state index in [-0.39, 0.29) is 84.5 Å². The molecule has 0 aliphatic carbocycles. The fourth-order valence-corrected chi connectivity index (χ4v) is 6.99. The van der Waals surface area contributed by atoms with Crippen molar-refractivity contribution in [1.29, 1.82) is 0 Å². The van der Waals surface area contributed by atoms with Gasteiger partial charge in [0, 0.05) is 62.7 Å². The Morgan fingerprint density at radius 2 is 1.52 bits per heavy atom. The van der Waals surface area contributed by atoms with Gasteiger partial charge in [0.1, 0.15) is 5.78 Å². The summed E-state index contributed by atoms with van der Waals surface area (Å²) in [5, 5.41) is 4.48. The van der Waals surface area contributed by atoms with Crippen LogP contribution in [0.5, 0.6) is 0 Å². The summed E-state index contributed by atoms with van der Waals surface area (Å²) in [5.41, 5.74) is 0. The minimum Gasteiger partial charge on any atom is -0.356 e. The third kappa shape index (κ3) is 10.8. The average molecular weight is 627 g/mol. The van der Waals surface area contributed by atoms with E-state index in [1.165, 1.54) is 42.3 Å². The van der Waals surface area contributed by atoms with E-state index < -0.39 is 16.5 Å². The van der Waals surface area contributed by atoms with Gasteiger partial charge in [0.15, 0.2) is 5.78 Å². The van der Waals surface area contributed by atoms with Crippen molar-refractivity contribution < 1.29 is 38.4 Å². The lowest BCUT2D eigenvalue weighted by Gasteiger charge is -2.20. The average Bonchev–Trinajstić information content (AvgIpc) is 3.36. The maximum Gasteiger partial charge on any atom is 0.242 e. The highest BCUT2D eigenvalue weighted by Crippen LogP contribution is 2.27. The van der Waals surface area contributed by atoms with E-state index in [9.17, 15) is 38.4 Å². The lowest BCUT2D eigenvalue weighted by Crippen LogP contribution is -2.44. The molecule has 0 saturated carbocycles. The maximum atomic E-state index is 12.7. The van der Waals surface area contributed by atoms with Gasteiger partial charge in [0.25, 0.3) is 0 Å². The molecule has 4 unspecified atom stereocenters. The highest BCUT2D eigenvalue weighted by Gasteiger charge is 2.39. The number of imide groups is 2. The molecule has 6 amide bonds. The van der Waals surface area contributed by atoms with Crippen LogP contribution in [0.1, 0.15) is 72.6 Å². The van der Waals surface area contributed by atoms with Gasteiger partial charge in [0.05, 0.1) is 16.5 Å². The van der Waals surface area contributed by atoms with Crippen LogP contribution in [0.2, 0.25) is 0 Å². The zero-order valence-corrected chi connectivity index (χ0v) is 26.4. The van der Waals surface area contributed by atoms with Gasteiger partial charge in [0.2, 0.25) is 35.4 Å². The number of hydrogen-bond acceptors (Lipinski definition) is 10. The van der Waals surface area contributed by atoms with Crippen LogP contribution in [0.4, 0.5) is 0 Å². The van der Waals surface area contributed by atoms with Crippen LogP contribution >= 0.6 is 23.5 Å². The number of carbonyl (C=O) groups is 8. The SMILES string of the molecule is CCN1C(=O)CC(SCC(NC(=O)C(C)CCCCNC(=O)CCN2C(=O)CC(SCCC(C)=O)C2=O)C(C)=O)C1=O. The van der Waals surface area contributed by atoms with Gasteiger partial charge < -0.3 is 10.6 Å². The van der Waals surface area contributed by atoms with Crippen molar-refractivity contribution in [2.75, 3.05) is 31.1 Å². The third-order valence-corrected chi connectivity index (χ3v) is 9.67. The van der Waals surface area contributed by atoms with Crippen molar-refractivity contribution in [3.63, 3.8) is 0 Å². The summed E-state index contributed by atoms with van der Waals surface area (Å²) < 4.78 is 0. The van der Waals surface area contributed by atoms with Crippen LogP contribution < -0.4 is 10.6 Å². The first kappa shape index (κ1) is 35.5. The number of amides is 6. The molecule has 0 aromatic heterocycles. The second kappa shape index (κ2) is 17.4. The van der Waals surface area contributed by atoms with E-state index in [0.29, 0.717) is 44.5 Å². The highest BCUT2D eigenvalue weighted by atomic mass is 32.2. The molecule has 2 heterocycles. The van der Waals surface area contributed by atoms with E-state index in [1.54, 1.807) is 13.8 Å². The van der Waals surface area contributed by atoms with Gasteiger partial charge >= 0.3 is 0 Å². The number of carbonyl (C=O) groups excluding carboxylic acids is 8. The van der Waals surface area contributed by atoms with Crippen molar-refractivity contribution in [3.8, 4) is 0 Å². The molecule has 2 rings (SSSR count). The standard InChI is InChI=1S/C28H42N4O8S2/c1-5-31-24(36)15-22(27(31)39)42-16-20(19(4)34)30-26(38)17(2)8-6-7-11-29-23(35)9-12-32-25(37)14-21(28(32)40)41-13-10-18(3)33/h17,20-22H,5-16H2,1-4H3,(H,29,35)(H,30,38). The Balaban J connectivity index is 1.63. The molecule has 2 aliphatic heterocycles. The molecule has 0 bridgehead atoms. The summed E-state index contributed by atoms with van der Waals surface area (Å²) in [4.78, 5) is 99.3. The number of hydrogen-bond donors (Lipinski definition) is 2. The van der Waals surface area contributed by atoms with Crippen LogP contribution in [-0.4, -0.2) is 104 Å².